The zero-order valence-electron chi connectivity index (χ0n) is 5.52. The summed E-state index contributed by atoms with van der Waals surface area (Å²) >= 11 is 0. The summed E-state index contributed by atoms with van der Waals surface area (Å²) in [7, 11) is 0. The molecule has 0 unspecified atom stereocenters. The Bertz CT molecular complexity index is 209. The third-order valence-corrected chi connectivity index (χ3v) is 0.693. The van der Waals surface area contributed by atoms with Crippen LogP contribution in [0.2, 0.25) is 0 Å². The van der Waals surface area contributed by atoms with E-state index < -0.39 is 24.3 Å². The number of rotatable bonds is 1. The number of hydrogen-bond acceptors (Lipinski definition) is 1. The van der Waals surface area contributed by atoms with E-state index in [0.29, 0.717) is 0 Å². The van der Waals surface area contributed by atoms with Crippen LogP contribution in [0.15, 0.2) is 11.8 Å². The summed E-state index contributed by atoms with van der Waals surface area (Å²) in [5.74, 6) is -6.56. The van der Waals surface area contributed by atoms with Crippen molar-refractivity contribution < 1.29 is 35.1 Å². The molecule has 1 nitrogen and oxygen atoms in total. The summed E-state index contributed by atoms with van der Waals surface area (Å²) in [5.41, 5.74) is 0. The number of nitrogens with one attached hydrogen (secondary N) is 1. The Labute approximate surface area is 66.0 Å². The first-order chi connectivity index (χ1) is 5.54. The highest BCUT2D eigenvalue weighted by Crippen LogP contribution is 2.30. The van der Waals surface area contributed by atoms with Crippen molar-refractivity contribution in [1.29, 1.82) is 0 Å². The van der Waals surface area contributed by atoms with Crippen molar-refractivity contribution in [2.75, 3.05) is 0 Å². The van der Waals surface area contributed by atoms with E-state index in [1.165, 1.54) is 0 Å². The summed E-state index contributed by atoms with van der Waals surface area (Å²) in [6.45, 7) is 0. The molecule has 1 N–H and O–H groups in total. The van der Waals surface area contributed by atoms with Crippen LogP contribution in [0, 0.1) is 0 Å². The minimum atomic E-state index is -5.78. The molecule has 0 aromatic carbocycles. The molecule has 0 aliphatic rings. The molecular weight excluding hydrogens is 214 g/mol. The first-order valence-electron chi connectivity index (χ1n) is 2.51. The van der Waals surface area contributed by atoms with Gasteiger partial charge in [-0.05, 0) is 0 Å². The van der Waals surface area contributed by atoms with Crippen LogP contribution in [0.5, 0.6) is 0 Å². The molecule has 78 valence electrons. The van der Waals surface area contributed by atoms with Gasteiger partial charge in [0.2, 0.25) is 5.95 Å². The molecule has 0 aromatic heterocycles. The Kier molecular flexibility index (Phi) is 3.12. The molecule has 0 radical (unpaired) electrons. The van der Waals surface area contributed by atoms with Gasteiger partial charge in [-0.1, -0.05) is 0 Å². The molecule has 0 aliphatic carbocycles. The SMILES string of the molecule is FC(NC(F)(F)F)=C(F)C(F)(F)F. The number of hydrogen-bond donors (Lipinski definition) is 1. The average molecular weight is 215 g/mol. The van der Waals surface area contributed by atoms with Gasteiger partial charge in [0.15, 0.2) is 0 Å². The normalized spacial score (nSPS) is 15.4. The molecule has 13 heavy (non-hydrogen) atoms. The van der Waals surface area contributed by atoms with Crippen LogP contribution < -0.4 is 5.32 Å². The van der Waals surface area contributed by atoms with Crippen molar-refractivity contribution in [1.82, 2.24) is 5.32 Å². The van der Waals surface area contributed by atoms with Gasteiger partial charge in [-0.3, -0.25) is 5.32 Å². The van der Waals surface area contributed by atoms with Crippen molar-refractivity contribution in [3.63, 3.8) is 0 Å². The lowest BCUT2D eigenvalue weighted by Gasteiger charge is -2.09. The van der Waals surface area contributed by atoms with Crippen molar-refractivity contribution in [2.24, 2.45) is 0 Å². The van der Waals surface area contributed by atoms with E-state index in [1.807, 2.05) is 0 Å². The summed E-state index contributed by atoms with van der Waals surface area (Å²) in [5, 5.41) is -0.257. The number of alkyl halides is 6. The van der Waals surface area contributed by atoms with Crippen LogP contribution in [0.3, 0.4) is 0 Å². The molecule has 9 heteroatoms. The lowest BCUT2D eigenvalue weighted by atomic mass is 10.5. The Balaban J connectivity index is 4.65. The van der Waals surface area contributed by atoms with Gasteiger partial charge in [-0.25, -0.2) is 0 Å². The molecule has 0 heterocycles. The highest BCUT2D eigenvalue weighted by Gasteiger charge is 2.41. The molecule has 0 bridgehead atoms. The smallest absolute Gasteiger partial charge is 0.271 e. The highest BCUT2D eigenvalue weighted by molar-refractivity contribution is 5.04. The van der Waals surface area contributed by atoms with E-state index in [1.54, 1.807) is 0 Å². The second-order valence-corrected chi connectivity index (χ2v) is 1.75. The van der Waals surface area contributed by atoms with Crippen molar-refractivity contribution in [3.8, 4) is 0 Å². The lowest BCUT2D eigenvalue weighted by Crippen LogP contribution is -2.31. The predicted octanol–water partition coefficient (Wildman–Crippen LogP) is 2.77. The first-order valence-corrected chi connectivity index (χ1v) is 2.51. The zero-order valence-corrected chi connectivity index (χ0v) is 5.52. The summed E-state index contributed by atoms with van der Waals surface area (Å²) in [6, 6.07) is 0. The first kappa shape index (κ1) is 12.0. The Morgan fingerprint density at radius 3 is 1.46 bits per heavy atom. The molecule has 0 spiro atoms. The molecule has 0 aromatic rings. The Hall–Kier alpha value is -1.02. The van der Waals surface area contributed by atoms with Gasteiger partial charge >= 0.3 is 12.5 Å². The quantitative estimate of drug-likeness (QED) is 0.523. The minimum Gasteiger partial charge on any atom is -0.271 e. The maximum absolute atomic E-state index is 11.7. The van der Waals surface area contributed by atoms with E-state index in [-0.39, 0.29) is 5.32 Å². The van der Waals surface area contributed by atoms with Crippen molar-refractivity contribution >= 4 is 0 Å². The highest BCUT2D eigenvalue weighted by atomic mass is 19.4. The van der Waals surface area contributed by atoms with Gasteiger partial charge in [0.05, 0.1) is 0 Å². The summed E-state index contributed by atoms with van der Waals surface area (Å²) in [4.78, 5) is 0. The maximum atomic E-state index is 11.7. The second-order valence-electron chi connectivity index (χ2n) is 1.75. The van der Waals surface area contributed by atoms with E-state index >= 15 is 0 Å². The molecular formula is C4HF8N. The monoisotopic (exact) mass is 215 g/mol. The van der Waals surface area contributed by atoms with Gasteiger partial charge in [-0.15, -0.1) is 0 Å². The van der Waals surface area contributed by atoms with Gasteiger partial charge in [0.25, 0.3) is 5.83 Å². The standard InChI is InChI=1S/C4HF8N/c5-1(3(7,8)9)2(6)13-4(10,11)12/h13H. The Morgan fingerprint density at radius 2 is 1.23 bits per heavy atom. The van der Waals surface area contributed by atoms with E-state index in [9.17, 15) is 35.1 Å². The van der Waals surface area contributed by atoms with Gasteiger partial charge in [0.1, 0.15) is 0 Å². The van der Waals surface area contributed by atoms with Crippen molar-refractivity contribution in [2.45, 2.75) is 12.5 Å². The molecule has 0 fully saturated rings. The van der Waals surface area contributed by atoms with Crippen molar-refractivity contribution in [3.05, 3.63) is 11.8 Å². The third kappa shape index (κ3) is 4.53. The average Bonchev–Trinajstić information content (AvgIpc) is 1.79. The third-order valence-electron chi connectivity index (χ3n) is 0.693. The van der Waals surface area contributed by atoms with E-state index in [2.05, 4.69) is 0 Å². The fourth-order valence-corrected chi connectivity index (χ4v) is 0.304. The van der Waals surface area contributed by atoms with Gasteiger partial charge < -0.3 is 0 Å². The molecule has 0 rings (SSSR count). The fourth-order valence-electron chi connectivity index (χ4n) is 0.304. The van der Waals surface area contributed by atoms with Crippen LogP contribution in [0.25, 0.3) is 0 Å². The van der Waals surface area contributed by atoms with Crippen LogP contribution >= 0.6 is 0 Å². The molecule has 0 saturated heterocycles. The number of halogens is 8. The Morgan fingerprint density at radius 1 is 0.846 bits per heavy atom. The topological polar surface area (TPSA) is 12.0 Å². The summed E-state index contributed by atoms with van der Waals surface area (Å²) in [6.07, 6.45) is -11.2. The van der Waals surface area contributed by atoms with Crippen LogP contribution in [-0.2, 0) is 0 Å². The molecule has 0 amide bonds. The van der Waals surface area contributed by atoms with E-state index in [0.717, 1.165) is 0 Å². The zero-order chi connectivity index (χ0) is 10.9. The van der Waals surface area contributed by atoms with Gasteiger partial charge in [-0.2, -0.15) is 35.1 Å². The minimum absolute atomic E-state index is 0.257. The number of allylic oxidation sites excluding steroid dienone is 1. The molecule has 0 aliphatic heterocycles. The lowest BCUT2D eigenvalue weighted by molar-refractivity contribution is -0.157. The predicted molar refractivity (Wildman–Crippen MR) is 24.5 cm³/mol. The second kappa shape index (κ2) is 3.38. The van der Waals surface area contributed by atoms with Crippen LogP contribution in [-0.4, -0.2) is 12.5 Å². The molecule has 0 atom stereocenters. The summed E-state index contributed by atoms with van der Waals surface area (Å²) < 4.78 is 90.4. The van der Waals surface area contributed by atoms with Crippen LogP contribution in [0.1, 0.15) is 0 Å². The fraction of sp³-hybridized carbons (Fsp3) is 0.500. The van der Waals surface area contributed by atoms with E-state index in [4.69, 9.17) is 0 Å². The van der Waals surface area contributed by atoms with Gasteiger partial charge in [0, 0.05) is 0 Å². The van der Waals surface area contributed by atoms with Crippen LogP contribution in [0.4, 0.5) is 35.1 Å². The molecule has 0 saturated carbocycles. The largest absolute Gasteiger partial charge is 0.484 e. The maximum Gasteiger partial charge on any atom is 0.484 e.